The Hall–Kier alpha value is -11.8. The molecular weight excluding hydrogens is 1490 g/mol. The molecule has 120 heavy (non-hydrogen) atoms. The molecular formula is C114H104BN3S2. The van der Waals surface area contributed by atoms with E-state index in [2.05, 4.69) is 360 Å². The van der Waals surface area contributed by atoms with Gasteiger partial charge in [-0.2, -0.15) is 0 Å². The summed E-state index contributed by atoms with van der Waals surface area (Å²) in [5, 5.41) is 5.22. The van der Waals surface area contributed by atoms with Crippen molar-refractivity contribution in [1.82, 2.24) is 4.57 Å². The first kappa shape index (κ1) is 70.1. The van der Waals surface area contributed by atoms with Crippen LogP contribution in [-0.2, 0) is 32.5 Å². The molecule has 0 aliphatic carbocycles. The molecule has 2 aliphatic heterocycles. The molecule has 18 aromatic rings. The lowest BCUT2D eigenvalue weighted by atomic mass is 9.33. The first-order valence-corrected chi connectivity index (χ1v) is 44.1. The predicted molar refractivity (Wildman–Crippen MR) is 525 cm³/mol. The first-order chi connectivity index (χ1) is 59.8. The monoisotopic (exact) mass is 1600 g/mol. The van der Waals surface area contributed by atoms with Crippen molar-refractivity contribution in [2.45, 2.75) is 157 Å². The second kappa shape index (κ2) is 27.9. The number of hydrogen-bond acceptors (Lipinski definition) is 4. The molecule has 0 saturated carbocycles. The summed E-state index contributed by atoms with van der Waals surface area (Å²) in [6.07, 6.45) is 0. The molecule has 590 valence electrons. The smallest absolute Gasteiger partial charge is 0.252 e. The summed E-state index contributed by atoms with van der Waals surface area (Å²) in [7, 11) is 0. The molecule has 0 atom stereocenters. The fourth-order valence-electron chi connectivity index (χ4n) is 18.5. The van der Waals surface area contributed by atoms with Crippen molar-refractivity contribution in [3.63, 3.8) is 0 Å². The Kier molecular flexibility index (Phi) is 16.3. The van der Waals surface area contributed by atoms with Gasteiger partial charge in [0, 0.05) is 96.1 Å². The minimum atomic E-state index is -0.802. The van der Waals surface area contributed by atoms with Crippen molar-refractivity contribution in [2.75, 3.05) is 9.80 Å². The number of hydrogen-bond donors (Lipinski definition) is 0. The Balaban J connectivity index is 1.07. The lowest BCUT2D eigenvalue weighted by Crippen LogP contribution is -2.61. The molecule has 0 fully saturated rings. The highest BCUT2D eigenvalue weighted by atomic mass is 32.1. The predicted octanol–water partition coefficient (Wildman–Crippen LogP) is 31.4. The maximum Gasteiger partial charge on any atom is 0.252 e. The van der Waals surface area contributed by atoms with E-state index in [0.29, 0.717) is 27.6 Å². The molecule has 15 aromatic carbocycles. The van der Waals surface area contributed by atoms with Crippen LogP contribution in [0.15, 0.2) is 303 Å². The van der Waals surface area contributed by atoms with Crippen molar-refractivity contribution in [1.29, 1.82) is 0 Å². The van der Waals surface area contributed by atoms with E-state index in [1.165, 1.54) is 27.0 Å². The van der Waals surface area contributed by atoms with Crippen LogP contribution >= 0.6 is 22.7 Å². The SMILES string of the molecule is [2H]c1c(C(C)(C)C)c([2H])c2c3c([2H])c(C(C)(C)C)c([2H])c([2H])c3n(-c3cc4c5c(c3)N(c3c(-c6ccccc6)cc6c(sc7ccccc76)c3-c3ccccc3)c3cc(-c6cc(C(C)(C)C)cc(C(C)(C)C)c6)ccc3B5c3cc(-c5cc(C(C)(C)C)cc(C(C)(C)C)c5)ccc3N4c3c(-c4ccccc4)cc4c(sc5ccccc54)c3-c3ccccc3)c2c1[2H]. The van der Waals surface area contributed by atoms with Crippen molar-refractivity contribution in [3.8, 4) is 72.4 Å². The van der Waals surface area contributed by atoms with E-state index in [4.69, 9.17) is 0 Å². The van der Waals surface area contributed by atoms with Gasteiger partial charge in [-0.15, -0.1) is 22.7 Å². The van der Waals surface area contributed by atoms with Crippen LogP contribution in [0.5, 0.6) is 0 Å². The van der Waals surface area contributed by atoms with Crippen LogP contribution in [0, 0.1) is 0 Å². The van der Waals surface area contributed by atoms with Gasteiger partial charge in [-0.05, 0) is 199 Å². The lowest BCUT2D eigenvalue weighted by molar-refractivity contribution is 0.568. The van der Waals surface area contributed by atoms with Gasteiger partial charge < -0.3 is 14.4 Å². The Labute approximate surface area is 725 Å². The van der Waals surface area contributed by atoms with Crippen LogP contribution in [0.4, 0.5) is 34.1 Å². The molecule has 0 spiro atoms. The zero-order valence-corrected chi connectivity index (χ0v) is 73.8. The van der Waals surface area contributed by atoms with E-state index in [9.17, 15) is 8.22 Å². The van der Waals surface area contributed by atoms with Crippen molar-refractivity contribution < 1.29 is 8.22 Å². The molecule has 0 bridgehead atoms. The Morgan fingerprint density at radius 1 is 0.275 bits per heavy atom. The second-order valence-corrected chi connectivity index (χ2v) is 41.7. The highest BCUT2D eigenvalue weighted by Crippen LogP contribution is 2.59. The molecule has 20 rings (SSSR count). The third kappa shape index (κ3) is 12.9. The van der Waals surface area contributed by atoms with Crippen LogP contribution in [0.2, 0.25) is 0 Å². The number of anilines is 6. The maximum absolute atomic E-state index is 10.9. The van der Waals surface area contributed by atoms with E-state index in [0.717, 1.165) is 153 Å². The van der Waals surface area contributed by atoms with Crippen LogP contribution < -0.4 is 26.2 Å². The standard InChI is InChI=1S/C114H104BN3S2/c1-109(2,3)77-49-53-94-88(63-77)89-64-78(110(4,5)6)50-54-95(89)116(94)83-65-98-104-99(66-83)118(106-87(70-37-25-20-26-38-70)68-91-85-44-32-34-46-101(85)120-108(91)103(106)72-41-29-22-30-42-72)97-60-74(76-57-81(113(13,14)15)62-82(58-76)114(16,17)18)47-51-92(97)115(104)93-59-73(75-55-79(111(7,8)9)61-80(56-75)112(10,11)12)48-52-96(93)117(98)105-86(69-35-23-19-24-36-69)67-90-84-43-31-33-45-100(84)119-107(90)102(105)71-39-27-21-28-40-71/h19-68H,1-18H3/i49D,50D,53D,54D,63D,64D. The Morgan fingerprint density at radius 2 is 0.642 bits per heavy atom. The van der Waals surface area contributed by atoms with Gasteiger partial charge >= 0.3 is 0 Å². The second-order valence-electron chi connectivity index (χ2n) is 39.6. The molecule has 0 amide bonds. The van der Waals surface area contributed by atoms with Crippen LogP contribution in [0.1, 0.15) is 166 Å². The molecule has 6 heteroatoms. The number of nitrogens with zero attached hydrogens (tertiary/aromatic N) is 3. The van der Waals surface area contributed by atoms with Gasteiger partial charge in [0.05, 0.1) is 36.3 Å². The number of thiophene rings is 2. The summed E-state index contributed by atoms with van der Waals surface area (Å²) >= 11 is 3.63. The Morgan fingerprint density at radius 3 is 1.05 bits per heavy atom. The van der Waals surface area contributed by atoms with Crippen LogP contribution in [0.3, 0.4) is 0 Å². The summed E-state index contributed by atoms with van der Waals surface area (Å²) in [6.45, 7) is 39.2. The summed E-state index contributed by atoms with van der Waals surface area (Å²) in [6, 6.07) is 99.6. The number of fused-ring (bicyclic) bond motifs is 13. The third-order valence-corrected chi connectivity index (χ3v) is 27.5. The van der Waals surface area contributed by atoms with Crippen LogP contribution in [0.25, 0.3) is 135 Å². The normalized spacial score (nSPS) is 14.1. The molecule has 2 aliphatic rings. The maximum atomic E-state index is 10.9. The molecule has 3 nitrogen and oxygen atoms in total. The van der Waals surface area contributed by atoms with Gasteiger partial charge in [0.1, 0.15) is 0 Å². The van der Waals surface area contributed by atoms with Gasteiger partial charge in [0.2, 0.25) is 0 Å². The summed E-state index contributed by atoms with van der Waals surface area (Å²) in [5.74, 6) is 0. The van der Waals surface area contributed by atoms with Crippen molar-refractivity contribution in [3.05, 3.63) is 337 Å². The minimum absolute atomic E-state index is 0.0302. The minimum Gasteiger partial charge on any atom is -0.310 e. The molecule has 0 unspecified atom stereocenters. The van der Waals surface area contributed by atoms with E-state index in [1.807, 2.05) is 68.8 Å². The third-order valence-electron chi connectivity index (χ3n) is 25.1. The van der Waals surface area contributed by atoms with Crippen molar-refractivity contribution >= 4 is 142 Å². The summed E-state index contributed by atoms with van der Waals surface area (Å²) in [4.78, 5) is 5.19. The fourth-order valence-corrected chi connectivity index (χ4v) is 21.0. The first-order valence-electron chi connectivity index (χ1n) is 45.5. The average molecular weight is 1600 g/mol. The van der Waals surface area contributed by atoms with E-state index < -0.39 is 17.5 Å². The number of aromatic nitrogens is 1. The van der Waals surface area contributed by atoms with Gasteiger partial charge in [-0.1, -0.05) is 355 Å². The van der Waals surface area contributed by atoms with Gasteiger partial charge in [-0.25, -0.2) is 0 Å². The quantitative estimate of drug-likeness (QED) is 0.133. The largest absolute Gasteiger partial charge is 0.310 e. The molecule has 0 saturated heterocycles. The zero-order chi connectivity index (χ0) is 88.4. The molecule has 5 heterocycles. The van der Waals surface area contributed by atoms with E-state index in [1.54, 1.807) is 0 Å². The number of benzene rings is 15. The highest BCUT2D eigenvalue weighted by Gasteiger charge is 2.47. The topological polar surface area (TPSA) is 11.4 Å². The van der Waals surface area contributed by atoms with Gasteiger partial charge in [-0.3, -0.25) is 0 Å². The van der Waals surface area contributed by atoms with Gasteiger partial charge in [0.15, 0.2) is 0 Å². The molecule has 3 aromatic heterocycles. The van der Waals surface area contributed by atoms with E-state index in [-0.39, 0.29) is 68.9 Å². The number of rotatable bonds is 9. The molecule has 0 N–H and O–H groups in total. The average Bonchev–Trinajstić information content (AvgIpc) is 1.46. The highest BCUT2D eigenvalue weighted by molar-refractivity contribution is 7.27. The Bertz CT molecular complexity index is 7430. The van der Waals surface area contributed by atoms with Gasteiger partial charge in [0.25, 0.3) is 6.71 Å². The zero-order valence-electron chi connectivity index (χ0n) is 78.1. The summed E-state index contributed by atoms with van der Waals surface area (Å²) < 4.78 is 70.9. The van der Waals surface area contributed by atoms with E-state index >= 15 is 0 Å². The fraction of sp³-hybridized carbons (Fsp3) is 0.211. The van der Waals surface area contributed by atoms with Crippen LogP contribution in [-0.4, -0.2) is 11.3 Å². The van der Waals surface area contributed by atoms with Crippen molar-refractivity contribution in [2.24, 2.45) is 0 Å². The summed E-state index contributed by atoms with van der Waals surface area (Å²) in [5.41, 5.74) is 25.4. The molecule has 0 radical (unpaired) electrons. The lowest BCUT2D eigenvalue weighted by Gasteiger charge is -2.46.